The van der Waals surface area contributed by atoms with Crippen LogP contribution in [0.25, 0.3) is 11.1 Å². The summed E-state index contributed by atoms with van der Waals surface area (Å²) < 4.78 is 90.2. The van der Waals surface area contributed by atoms with Crippen molar-refractivity contribution in [2.45, 2.75) is 12.6 Å². The number of alkyl halides is 5. The Morgan fingerprint density at radius 3 is 2.14 bits per heavy atom. The molecule has 2 rings (SSSR count). The van der Waals surface area contributed by atoms with Crippen molar-refractivity contribution in [1.29, 1.82) is 0 Å². The molecule has 0 bridgehead atoms. The molecule has 0 aliphatic heterocycles. The third-order valence-corrected chi connectivity index (χ3v) is 2.86. The molecule has 2 aromatic carbocycles. The molecule has 0 N–H and O–H groups in total. The first kappa shape index (κ1) is 15.3. The summed E-state index contributed by atoms with van der Waals surface area (Å²) in [6, 6.07) is 4.83. The van der Waals surface area contributed by atoms with E-state index in [4.69, 9.17) is 0 Å². The van der Waals surface area contributed by atoms with Crippen molar-refractivity contribution in [3.8, 4) is 11.1 Å². The molecular formula is C14H7F7. The van der Waals surface area contributed by atoms with Gasteiger partial charge in [-0.2, -0.15) is 13.2 Å². The van der Waals surface area contributed by atoms with E-state index in [1.165, 1.54) is 0 Å². The van der Waals surface area contributed by atoms with Crippen LogP contribution in [0, 0.1) is 11.6 Å². The summed E-state index contributed by atoms with van der Waals surface area (Å²) in [5, 5.41) is 0. The molecule has 112 valence electrons. The molecule has 0 saturated heterocycles. The lowest BCUT2D eigenvalue weighted by Gasteiger charge is -2.14. The Labute approximate surface area is 114 Å². The minimum absolute atomic E-state index is 0.330. The Hall–Kier alpha value is -2.05. The molecule has 0 heterocycles. The van der Waals surface area contributed by atoms with Crippen molar-refractivity contribution in [2.75, 3.05) is 0 Å². The first-order valence-electron chi connectivity index (χ1n) is 5.65. The number of halogens is 7. The van der Waals surface area contributed by atoms with Gasteiger partial charge >= 0.3 is 6.18 Å². The van der Waals surface area contributed by atoms with E-state index in [-0.39, 0.29) is 5.56 Å². The van der Waals surface area contributed by atoms with E-state index in [1.54, 1.807) is 0 Å². The zero-order valence-electron chi connectivity index (χ0n) is 10.2. The monoisotopic (exact) mass is 308 g/mol. The van der Waals surface area contributed by atoms with Crippen molar-refractivity contribution in [1.82, 2.24) is 0 Å². The second-order valence-electron chi connectivity index (χ2n) is 4.20. The topological polar surface area (TPSA) is 0 Å². The largest absolute Gasteiger partial charge is 0.416 e. The molecule has 0 aliphatic carbocycles. The van der Waals surface area contributed by atoms with Crippen LogP contribution >= 0.6 is 0 Å². The molecule has 7 heteroatoms. The fraction of sp³-hybridized carbons (Fsp3) is 0.143. The van der Waals surface area contributed by atoms with Gasteiger partial charge in [-0.25, -0.2) is 17.6 Å². The Balaban J connectivity index is 2.65. The van der Waals surface area contributed by atoms with Crippen LogP contribution in [0.3, 0.4) is 0 Å². The first-order valence-corrected chi connectivity index (χ1v) is 5.65. The molecule has 0 spiro atoms. The fourth-order valence-corrected chi connectivity index (χ4v) is 1.89. The lowest BCUT2D eigenvalue weighted by molar-refractivity contribution is -0.139. The van der Waals surface area contributed by atoms with Crippen molar-refractivity contribution >= 4 is 0 Å². The maximum absolute atomic E-state index is 13.6. The predicted molar refractivity (Wildman–Crippen MR) is 61.8 cm³/mol. The Morgan fingerprint density at radius 2 is 1.57 bits per heavy atom. The molecule has 0 amide bonds. The summed E-state index contributed by atoms with van der Waals surface area (Å²) in [5.41, 5.74) is -3.54. The zero-order chi connectivity index (χ0) is 15.8. The molecule has 0 nitrogen and oxygen atoms in total. The minimum Gasteiger partial charge on any atom is -0.205 e. The number of hydrogen-bond donors (Lipinski definition) is 0. The van der Waals surface area contributed by atoms with Crippen molar-refractivity contribution < 1.29 is 30.7 Å². The van der Waals surface area contributed by atoms with Gasteiger partial charge in [0.05, 0.1) is 5.56 Å². The average Bonchev–Trinajstić information content (AvgIpc) is 2.40. The molecule has 0 unspecified atom stereocenters. The van der Waals surface area contributed by atoms with Gasteiger partial charge < -0.3 is 0 Å². The summed E-state index contributed by atoms with van der Waals surface area (Å²) in [6.07, 6.45) is -8.35. The maximum atomic E-state index is 13.6. The van der Waals surface area contributed by atoms with Gasteiger partial charge in [0, 0.05) is 11.1 Å². The van der Waals surface area contributed by atoms with Crippen LogP contribution in [-0.4, -0.2) is 0 Å². The molecule has 0 radical (unpaired) electrons. The highest BCUT2D eigenvalue weighted by molar-refractivity contribution is 5.66. The highest BCUT2D eigenvalue weighted by atomic mass is 19.4. The fourth-order valence-electron chi connectivity index (χ4n) is 1.89. The normalized spacial score (nSPS) is 12.0. The Kier molecular flexibility index (Phi) is 3.93. The number of hydrogen-bond acceptors (Lipinski definition) is 0. The van der Waals surface area contributed by atoms with Crippen LogP contribution < -0.4 is 0 Å². The van der Waals surface area contributed by atoms with Gasteiger partial charge in [0.15, 0.2) is 11.6 Å². The van der Waals surface area contributed by atoms with E-state index in [1.807, 2.05) is 0 Å². The van der Waals surface area contributed by atoms with E-state index in [0.29, 0.717) is 12.1 Å². The van der Waals surface area contributed by atoms with E-state index < -0.39 is 40.9 Å². The molecule has 0 atom stereocenters. The average molecular weight is 308 g/mol. The molecule has 21 heavy (non-hydrogen) atoms. The van der Waals surface area contributed by atoms with Gasteiger partial charge in [-0.1, -0.05) is 24.3 Å². The smallest absolute Gasteiger partial charge is 0.205 e. The Morgan fingerprint density at radius 1 is 0.905 bits per heavy atom. The van der Waals surface area contributed by atoms with E-state index in [0.717, 1.165) is 24.3 Å². The van der Waals surface area contributed by atoms with Gasteiger partial charge in [-0.15, -0.1) is 0 Å². The lowest BCUT2D eigenvalue weighted by Crippen LogP contribution is -2.10. The molecule has 0 saturated carbocycles. The SMILES string of the molecule is Fc1cccc(-c2ccc(C(F)F)c(C(F)(F)F)c2)c1F. The zero-order valence-corrected chi connectivity index (χ0v) is 10.2. The van der Waals surface area contributed by atoms with Crippen LogP contribution in [0.15, 0.2) is 36.4 Å². The highest BCUT2D eigenvalue weighted by Gasteiger charge is 2.36. The second kappa shape index (κ2) is 5.38. The van der Waals surface area contributed by atoms with Crippen LogP contribution in [0.1, 0.15) is 17.6 Å². The van der Waals surface area contributed by atoms with Crippen LogP contribution in [0.4, 0.5) is 30.7 Å². The maximum Gasteiger partial charge on any atom is 0.416 e. The third-order valence-electron chi connectivity index (χ3n) is 2.86. The highest BCUT2D eigenvalue weighted by Crippen LogP contribution is 2.39. The Bertz CT molecular complexity index is 659. The van der Waals surface area contributed by atoms with Gasteiger partial charge in [0.25, 0.3) is 6.43 Å². The summed E-state index contributed by atoms with van der Waals surface area (Å²) in [7, 11) is 0. The molecule has 0 aromatic heterocycles. The van der Waals surface area contributed by atoms with E-state index in [9.17, 15) is 30.7 Å². The molecule has 0 fully saturated rings. The van der Waals surface area contributed by atoms with Gasteiger partial charge in [0.2, 0.25) is 0 Å². The van der Waals surface area contributed by atoms with Crippen molar-refractivity contribution in [3.05, 3.63) is 59.2 Å². The minimum atomic E-state index is -5.02. The van der Waals surface area contributed by atoms with Gasteiger partial charge in [-0.3, -0.25) is 0 Å². The lowest BCUT2D eigenvalue weighted by atomic mass is 9.98. The van der Waals surface area contributed by atoms with Gasteiger partial charge in [0.1, 0.15) is 0 Å². The summed E-state index contributed by atoms with van der Waals surface area (Å²) in [5.74, 6) is -2.57. The molecular weight excluding hydrogens is 301 g/mol. The van der Waals surface area contributed by atoms with Crippen molar-refractivity contribution in [3.63, 3.8) is 0 Å². The standard InChI is InChI=1S/C14H7F7/c15-11-3-1-2-8(12(11)16)7-4-5-9(13(17)18)10(6-7)14(19,20)21/h1-6,13H. The summed E-state index contributed by atoms with van der Waals surface area (Å²) in [4.78, 5) is 0. The van der Waals surface area contributed by atoms with Crippen molar-refractivity contribution in [2.24, 2.45) is 0 Å². The predicted octanol–water partition coefficient (Wildman–Crippen LogP) is 5.59. The van der Waals surface area contributed by atoms with Gasteiger partial charge in [-0.05, 0) is 17.7 Å². The first-order chi connectivity index (χ1) is 9.71. The third kappa shape index (κ3) is 3.01. The summed E-state index contributed by atoms with van der Waals surface area (Å²) >= 11 is 0. The number of rotatable bonds is 2. The van der Waals surface area contributed by atoms with E-state index >= 15 is 0 Å². The van der Waals surface area contributed by atoms with Crippen LogP contribution in [-0.2, 0) is 6.18 Å². The quantitative estimate of drug-likeness (QED) is 0.635. The molecule has 0 aliphatic rings. The second-order valence-corrected chi connectivity index (χ2v) is 4.20. The number of benzene rings is 2. The summed E-state index contributed by atoms with van der Waals surface area (Å²) in [6.45, 7) is 0. The van der Waals surface area contributed by atoms with Crippen LogP contribution in [0.5, 0.6) is 0 Å². The molecule has 2 aromatic rings. The van der Waals surface area contributed by atoms with E-state index in [2.05, 4.69) is 0 Å². The van der Waals surface area contributed by atoms with Crippen LogP contribution in [0.2, 0.25) is 0 Å².